The van der Waals surface area contributed by atoms with E-state index in [-0.39, 0.29) is 5.91 Å². The van der Waals surface area contributed by atoms with E-state index in [0.717, 1.165) is 32.7 Å². The molecule has 2 saturated heterocycles. The summed E-state index contributed by atoms with van der Waals surface area (Å²) in [7, 11) is 0. The second-order valence-corrected chi connectivity index (χ2v) is 6.68. The predicted molar refractivity (Wildman–Crippen MR) is 85.8 cm³/mol. The van der Waals surface area contributed by atoms with E-state index in [2.05, 4.69) is 16.0 Å². The average Bonchev–Trinajstić information content (AvgIpc) is 3.22. The zero-order chi connectivity index (χ0) is 15.8. The molecule has 2 atom stereocenters. The van der Waals surface area contributed by atoms with Crippen molar-refractivity contribution in [2.45, 2.75) is 13.5 Å². The Morgan fingerprint density at radius 1 is 1.26 bits per heavy atom. The van der Waals surface area contributed by atoms with Crippen molar-refractivity contribution in [3.05, 3.63) is 53.7 Å². The molecule has 4 heterocycles. The third kappa shape index (κ3) is 2.77. The number of rotatable bonds is 3. The van der Waals surface area contributed by atoms with Crippen molar-refractivity contribution < 1.29 is 9.21 Å². The Kier molecular flexibility index (Phi) is 3.65. The highest BCUT2D eigenvalue weighted by atomic mass is 16.3. The average molecular weight is 311 g/mol. The van der Waals surface area contributed by atoms with E-state index >= 15 is 0 Å². The van der Waals surface area contributed by atoms with Gasteiger partial charge in [0, 0.05) is 45.1 Å². The van der Waals surface area contributed by atoms with Gasteiger partial charge in [0.15, 0.2) is 0 Å². The van der Waals surface area contributed by atoms with Gasteiger partial charge in [0.05, 0.1) is 11.8 Å². The number of fused-ring (bicyclic) bond motifs is 1. The number of nitrogens with zero attached hydrogens (tertiary/aromatic N) is 3. The number of amides is 1. The Balaban J connectivity index is 1.37. The number of pyridine rings is 1. The lowest BCUT2D eigenvalue weighted by Crippen LogP contribution is -2.33. The van der Waals surface area contributed by atoms with Crippen molar-refractivity contribution in [3.63, 3.8) is 0 Å². The first-order valence-electron chi connectivity index (χ1n) is 8.15. The highest BCUT2D eigenvalue weighted by molar-refractivity contribution is 5.95. The molecule has 0 N–H and O–H groups in total. The van der Waals surface area contributed by atoms with Crippen LogP contribution in [0, 0.1) is 18.8 Å². The van der Waals surface area contributed by atoms with E-state index in [1.807, 2.05) is 30.3 Å². The van der Waals surface area contributed by atoms with E-state index < -0.39 is 0 Å². The van der Waals surface area contributed by atoms with Gasteiger partial charge in [-0.15, -0.1) is 0 Å². The summed E-state index contributed by atoms with van der Waals surface area (Å²) in [5, 5.41) is 0. The highest BCUT2D eigenvalue weighted by Gasteiger charge is 2.41. The molecule has 0 unspecified atom stereocenters. The summed E-state index contributed by atoms with van der Waals surface area (Å²) in [6.07, 6.45) is 5.34. The van der Waals surface area contributed by atoms with Crippen LogP contribution < -0.4 is 0 Å². The first kappa shape index (κ1) is 14.5. The van der Waals surface area contributed by atoms with Crippen LogP contribution in [-0.4, -0.2) is 46.9 Å². The number of carbonyl (C=O) groups is 1. The van der Waals surface area contributed by atoms with Crippen molar-refractivity contribution in [1.82, 2.24) is 14.8 Å². The van der Waals surface area contributed by atoms with E-state index in [4.69, 9.17) is 4.42 Å². The van der Waals surface area contributed by atoms with Gasteiger partial charge >= 0.3 is 0 Å². The number of furan rings is 1. The lowest BCUT2D eigenvalue weighted by Gasteiger charge is -2.21. The van der Waals surface area contributed by atoms with Gasteiger partial charge in [-0.2, -0.15) is 0 Å². The second-order valence-electron chi connectivity index (χ2n) is 6.68. The van der Waals surface area contributed by atoms with Crippen LogP contribution in [0.1, 0.15) is 21.7 Å². The molecule has 2 aromatic rings. The zero-order valence-corrected chi connectivity index (χ0v) is 13.3. The molecule has 2 aliphatic rings. The van der Waals surface area contributed by atoms with Crippen molar-refractivity contribution in [3.8, 4) is 0 Å². The Labute approximate surface area is 135 Å². The molecule has 4 rings (SSSR count). The molecule has 120 valence electrons. The monoisotopic (exact) mass is 311 g/mol. The maximum atomic E-state index is 12.6. The number of carbonyl (C=O) groups excluding carboxylic acids is 1. The van der Waals surface area contributed by atoms with Crippen molar-refractivity contribution in [1.29, 1.82) is 0 Å². The van der Waals surface area contributed by atoms with Crippen LogP contribution >= 0.6 is 0 Å². The van der Waals surface area contributed by atoms with Gasteiger partial charge in [-0.25, -0.2) is 0 Å². The molecular weight excluding hydrogens is 290 g/mol. The first-order chi connectivity index (χ1) is 11.2. The van der Waals surface area contributed by atoms with Crippen LogP contribution in [0.2, 0.25) is 0 Å². The minimum absolute atomic E-state index is 0.115. The van der Waals surface area contributed by atoms with Gasteiger partial charge in [-0.3, -0.25) is 14.7 Å². The minimum Gasteiger partial charge on any atom is -0.469 e. The molecule has 0 saturated carbocycles. The molecule has 0 bridgehead atoms. The maximum Gasteiger partial charge on any atom is 0.257 e. The Morgan fingerprint density at radius 2 is 2.04 bits per heavy atom. The summed E-state index contributed by atoms with van der Waals surface area (Å²) in [5.41, 5.74) is 1.96. The first-order valence-corrected chi connectivity index (χ1v) is 8.15. The summed E-state index contributed by atoms with van der Waals surface area (Å²) in [4.78, 5) is 21.2. The standard InChI is InChI=1S/C18H21N3O2/c1-13-17(4-6-23-13)18(22)21-11-15-9-20(10-16(15)12-21)8-14-3-2-5-19-7-14/h2-7,15-16H,8-12H2,1H3/t15-,16+. The van der Waals surface area contributed by atoms with E-state index in [1.165, 1.54) is 5.56 Å². The lowest BCUT2D eigenvalue weighted by molar-refractivity contribution is 0.0771. The van der Waals surface area contributed by atoms with E-state index in [9.17, 15) is 4.79 Å². The molecule has 0 radical (unpaired) electrons. The van der Waals surface area contributed by atoms with E-state index in [0.29, 0.717) is 23.2 Å². The number of aryl methyl sites for hydroxylation is 1. The molecule has 0 spiro atoms. The fourth-order valence-electron chi connectivity index (χ4n) is 3.91. The number of likely N-dealkylation sites (tertiary alicyclic amines) is 2. The summed E-state index contributed by atoms with van der Waals surface area (Å²) >= 11 is 0. The predicted octanol–water partition coefficient (Wildman–Crippen LogP) is 2.19. The summed E-state index contributed by atoms with van der Waals surface area (Å²) in [6.45, 7) is 6.64. The Morgan fingerprint density at radius 3 is 2.65 bits per heavy atom. The van der Waals surface area contributed by atoms with Crippen LogP contribution in [-0.2, 0) is 6.54 Å². The fourth-order valence-corrected chi connectivity index (χ4v) is 3.91. The highest BCUT2D eigenvalue weighted by Crippen LogP contribution is 2.32. The molecule has 2 aliphatic heterocycles. The van der Waals surface area contributed by atoms with Gasteiger partial charge < -0.3 is 9.32 Å². The zero-order valence-electron chi connectivity index (χ0n) is 13.3. The molecule has 23 heavy (non-hydrogen) atoms. The van der Waals surface area contributed by atoms with Crippen molar-refractivity contribution in [2.75, 3.05) is 26.2 Å². The number of hydrogen-bond acceptors (Lipinski definition) is 4. The fraction of sp³-hybridized carbons (Fsp3) is 0.444. The second kappa shape index (κ2) is 5.81. The van der Waals surface area contributed by atoms with Gasteiger partial charge in [-0.05, 0) is 36.5 Å². The van der Waals surface area contributed by atoms with E-state index in [1.54, 1.807) is 12.3 Å². The molecule has 0 aromatic carbocycles. The molecule has 0 aliphatic carbocycles. The molecule has 5 nitrogen and oxygen atoms in total. The largest absolute Gasteiger partial charge is 0.469 e. The van der Waals surface area contributed by atoms with Crippen molar-refractivity contribution in [2.24, 2.45) is 11.8 Å². The summed E-state index contributed by atoms with van der Waals surface area (Å²) in [5.74, 6) is 2.00. The Hall–Kier alpha value is -2.14. The van der Waals surface area contributed by atoms with Crippen LogP contribution in [0.15, 0.2) is 41.3 Å². The summed E-state index contributed by atoms with van der Waals surface area (Å²) < 4.78 is 5.26. The minimum atomic E-state index is 0.115. The topological polar surface area (TPSA) is 49.6 Å². The van der Waals surface area contributed by atoms with Gasteiger partial charge in [0.25, 0.3) is 5.91 Å². The number of aromatic nitrogens is 1. The molecule has 2 aromatic heterocycles. The van der Waals surface area contributed by atoms with Crippen LogP contribution in [0.3, 0.4) is 0 Å². The van der Waals surface area contributed by atoms with Crippen molar-refractivity contribution >= 4 is 5.91 Å². The normalized spacial score (nSPS) is 24.1. The third-order valence-electron chi connectivity index (χ3n) is 5.07. The third-order valence-corrected chi connectivity index (χ3v) is 5.07. The Bertz CT molecular complexity index is 683. The summed E-state index contributed by atoms with van der Waals surface area (Å²) in [6, 6.07) is 5.89. The van der Waals surface area contributed by atoms with Gasteiger partial charge in [-0.1, -0.05) is 6.07 Å². The van der Waals surface area contributed by atoms with Crippen LogP contribution in [0.4, 0.5) is 0 Å². The number of hydrogen-bond donors (Lipinski definition) is 0. The van der Waals surface area contributed by atoms with Crippen LogP contribution in [0.5, 0.6) is 0 Å². The SMILES string of the molecule is Cc1occc1C(=O)N1C[C@H]2CN(Cc3cccnc3)C[C@H]2C1. The maximum absolute atomic E-state index is 12.6. The smallest absolute Gasteiger partial charge is 0.257 e. The van der Waals surface area contributed by atoms with Gasteiger partial charge in [0.2, 0.25) is 0 Å². The molecular formula is C18H21N3O2. The van der Waals surface area contributed by atoms with Crippen LogP contribution in [0.25, 0.3) is 0 Å². The lowest BCUT2D eigenvalue weighted by atomic mass is 10.0. The quantitative estimate of drug-likeness (QED) is 0.872. The molecule has 2 fully saturated rings. The molecule has 5 heteroatoms. The van der Waals surface area contributed by atoms with Gasteiger partial charge in [0.1, 0.15) is 5.76 Å². The molecule has 1 amide bonds.